The number of unbranched alkanes of at least 4 members (excludes halogenated alkanes) is 1. The van der Waals surface area contributed by atoms with E-state index in [2.05, 4.69) is 0 Å². The minimum atomic E-state index is -3.43. The van der Waals surface area contributed by atoms with Crippen LogP contribution in [0.3, 0.4) is 0 Å². The summed E-state index contributed by atoms with van der Waals surface area (Å²) in [4.78, 5) is 1.06. The van der Waals surface area contributed by atoms with Crippen molar-refractivity contribution in [1.29, 1.82) is 0 Å². The number of nitrogens with zero attached hydrogens (tertiary/aromatic N) is 1. The minimum absolute atomic E-state index is 0.144. The van der Waals surface area contributed by atoms with E-state index in [-0.39, 0.29) is 13.2 Å². The quantitative estimate of drug-likeness (QED) is 0.798. The van der Waals surface area contributed by atoms with E-state index in [0.717, 1.165) is 24.1 Å². The van der Waals surface area contributed by atoms with Crippen LogP contribution < -0.4 is 0 Å². The van der Waals surface area contributed by atoms with Gasteiger partial charge in [0, 0.05) is 18.0 Å². The highest BCUT2D eigenvalue weighted by Crippen LogP contribution is 2.25. The van der Waals surface area contributed by atoms with Gasteiger partial charge in [-0.15, -0.1) is 11.3 Å². The Balaban J connectivity index is 2.92. The molecule has 0 radical (unpaired) electrons. The summed E-state index contributed by atoms with van der Waals surface area (Å²) in [6.07, 6.45) is 2.59. The van der Waals surface area contributed by atoms with Crippen molar-refractivity contribution in [2.75, 3.05) is 19.7 Å². The minimum Gasteiger partial charge on any atom is -0.395 e. The maximum atomic E-state index is 12.4. The molecule has 0 fully saturated rings. The zero-order chi connectivity index (χ0) is 13.6. The van der Waals surface area contributed by atoms with Gasteiger partial charge in [-0.3, -0.25) is 0 Å². The number of sulfonamides is 1. The molecule has 1 N–H and O–H groups in total. The molecule has 1 aromatic heterocycles. The van der Waals surface area contributed by atoms with Gasteiger partial charge in [0.05, 0.1) is 6.61 Å². The molecule has 0 aliphatic heterocycles. The van der Waals surface area contributed by atoms with Crippen molar-refractivity contribution in [2.24, 2.45) is 0 Å². The van der Waals surface area contributed by atoms with Gasteiger partial charge in [0.25, 0.3) is 10.0 Å². The Labute approximate surface area is 113 Å². The highest BCUT2D eigenvalue weighted by atomic mass is 32.2. The molecule has 1 aromatic rings. The van der Waals surface area contributed by atoms with Gasteiger partial charge in [0.15, 0.2) is 0 Å². The monoisotopic (exact) mass is 291 g/mol. The lowest BCUT2D eigenvalue weighted by Crippen LogP contribution is -2.34. The number of thiophene rings is 1. The standard InChI is InChI=1S/C12H21NO3S2/c1-3-5-8-13(9-10-14)18(15,16)12-7-6-11(4-2)17-12/h6-7,14H,3-5,8-10H2,1-2H3. The average molecular weight is 291 g/mol. The van der Waals surface area contributed by atoms with Crippen molar-refractivity contribution in [3.05, 3.63) is 17.0 Å². The first-order valence-corrected chi connectivity index (χ1v) is 8.51. The van der Waals surface area contributed by atoms with Crippen LogP contribution in [0, 0.1) is 0 Å². The molecule has 1 rings (SSSR count). The van der Waals surface area contributed by atoms with E-state index in [9.17, 15) is 8.42 Å². The van der Waals surface area contributed by atoms with E-state index in [1.807, 2.05) is 19.9 Å². The molecule has 18 heavy (non-hydrogen) atoms. The summed E-state index contributed by atoms with van der Waals surface area (Å²) >= 11 is 1.32. The van der Waals surface area contributed by atoms with Gasteiger partial charge in [-0.2, -0.15) is 4.31 Å². The summed E-state index contributed by atoms with van der Waals surface area (Å²) in [6, 6.07) is 3.52. The largest absolute Gasteiger partial charge is 0.395 e. The molecule has 6 heteroatoms. The molecule has 0 aliphatic rings. The molecular weight excluding hydrogens is 270 g/mol. The molecule has 0 saturated heterocycles. The molecule has 0 saturated carbocycles. The van der Waals surface area contributed by atoms with Crippen LogP contribution in [0.4, 0.5) is 0 Å². The highest BCUT2D eigenvalue weighted by Gasteiger charge is 2.25. The Morgan fingerprint density at radius 3 is 2.50 bits per heavy atom. The van der Waals surface area contributed by atoms with Crippen molar-refractivity contribution in [1.82, 2.24) is 4.31 Å². The molecule has 0 unspecified atom stereocenters. The van der Waals surface area contributed by atoms with Gasteiger partial charge in [-0.1, -0.05) is 20.3 Å². The number of aryl methyl sites for hydroxylation is 1. The van der Waals surface area contributed by atoms with Crippen LogP contribution in [0.25, 0.3) is 0 Å². The molecule has 0 amide bonds. The van der Waals surface area contributed by atoms with E-state index in [1.54, 1.807) is 6.07 Å². The van der Waals surface area contributed by atoms with Gasteiger partial charge in [-0.25, -0.2) is 8.42 Å². The highest BCUT2D eigenvalue weighted by molar-refractivity contribution is 7.91. The van der Waals surface area contributed by atoms with Crippen LogP contribution in [0.2, 0.25) is 0 Å². The lowest BCUT2D eigenvalue weighted by atomic mass is 10.3. The molecule has 0 bridgehead atoms. The van der Waals surface area contributed by atoms with Gasteiger partial charge in [0.1, 0.15) is 4.21 Å². The van der Waals surface area contributed by atoms with Gasteiger partial charge >= 0.3 is 0 Å². The summed E-state index contributed by atoms with van der Waals surface area (Å²) in [5.74, 6) is 0. The van der Waals surface area contributed by atoms with E-state index in [4.69, 9.17) is 5.11 Å². The van der Waals surface area contributed by atoms with Crippen molar-refractivity contribution in [3.63, 3.8) is 0 Å². The maximum Gasteiger partial charge on any atom is 0.252 e. The molecule has 0 aliphatic carbocycles. The summed E-state index contributed by atoms with van der Waals surface area (Å²) in [5.41, 5.74) is 0. The Morgan fingerprint density at radius 1 is 1.28 bits per heavy atom. The van der Waals surface area contributed by atoms with E-state index < -0.39 is 10.0 Å². The van der Waals surface area contributed by atoms with Crippen LogP contribution in [-0.2, 0) is 16.4 Å². The first-order valence-electron chi connectivity index (χ1n) is 6.26. The molecule has 104 valence electrons. The van der Waals surface area contributed by atoms with Gasteiger partial charge in [-0.05, 0) is 25.0 Å². The molecule has 1 heterocycles. The van der Waals surface area contributed by atoms with Crippen LogP contribution in [-0.4, -0.2) is 37.5 Å². The van der Waals surface area contributed by atoms with Crippen molar-refractivity contribution >= 4 is 21.4 Å². The van der Waals surface area contributed by atoms with Gasteiger partial charge < -0.3 is 5.11 Å². The zero-order valence-corrected chi connectivity index (χ0v) is 12.6. The molecule has 4 nitrogen and oxygen atoms in total. The third kappa shape index (κ3) is 3.78. The first-order chi connectivity index (χ1) is 8.56. The van der Waals surface area contributed by atoms with E-state index >= 15 is 0 Å². The molecule has 0 spiro atoms. The predicted octanol–water partition coefficient (Wildman–Crippen LogP) is 2.09. The topological polar surface area (TPSA) is 57.6 Å². The predicted molar refractivity (Wildman–Crippen MR) is 74.4 cm³/mol. The zero-order valence-electron chi connectivity index (χ0n) is 10.9. The second kappa shape index (κ2) is 7.23. The van der Waals surface area contributed by atoms with Crippen LogP contribution in [0.5, 0.6) is 0 Å². The SMILES string of the molecule is CCCCN(CCO)S(=O)(=O)c1ccc(CC)s1. The third-order valence-corrected chi connectivity index (χ3v) is 6.29. The van der Waals surface area contributed by atoms with Crippen LogP contribution >= 0.6 is 11.3 Å². The number of hydrogen-bond acceptors (Lipinski definition) is 4. The number of hydrogen-bond donors (Lipinski definition) is 1. The Kier molecular flexibility index (Phi) is 6.28. The summed E-state index contributed by atoms with van der Waals surface area (Å²) < 4.78 is 26.5. The Bertz CT molecular complexity index is 454. The normalized spacial score (nSPS) is 12.2. The number of aliphatic hydroxyl groups is 1. The molecule has 0 aromatic carbocycles. The average Bonchev–Trinajstić information content (AvgIpc) is 2.83. The smallest absolute Gasteiger partial charge is 0.252 e. The lowest BCUT2D eigenvalue weighted by molar-refractivity contribution is 0.252. The third-order valence-electron chi connectivity index (χ3n) is 2.69. The fraction of sp³-hybridized carbons (Fsp3) is 0.667. The summed E-state index contributed by atoms with van der Waals surface area (Å²) in [7, 11) is -3.43. The Morgan fingerprint density at radius 2 is 2.00 bits per heavy atom. The number of aliphatic hydroxyl groups excluding tert-OH is 1. The fourth-order valence-electron chi connectivity index (χ4n) is 1.61. The van der Waals surface area contributed by atoms with Crippen molar-refractivity contribution < 1.29 is 13.5 Å². The maximum absolute atomic E-state index is 12.4. The second-order valence-corrected chi connectivity index (χ2v) is 7.39. The second-order valence-electron chi connectivity index (χ2n) is 4.06. The van der Waals surface area contributed by atoms with E-state index in [1.165, 1.54) is 15.6 Å². The van der Waals surface area contributed by atoms with Crippen molar-refractivity contribution in [3.8, 4) is 0 Å². The molecule has 0 atom stereocenters. The Hall–Kier alpha value is -0.430. The first kappa shape index (κ1) is 15.6. The van der Waals surface area contributed by atoms with E-state index in [0.29, 0.717) is 10.8 Å². The lowest BCUT2D eigenvalue weighted by Gasteiger charge is -2.19. The number of rotatable bonds is 8. The van der Waals surface area contributed by atoms with Crippen LogP contribution in [0.15, 0.2) is 16.3 Å². The van der Waals surface area contributed by atoms with Crippen molar-refractivity contribution in [2.45, 2.75) is 37.3 Å². The summed E-state index contributed by atoms with van der Waals surface area (Å²) in [5, 5.41) is 8.99. The van der Waals surface area contributed by atoms with Crippen LogP contribution in [0.1, 0.15) is 31.6 Å². The molecular formula is C12H21NO3S2. The fourth-order valence-corrected chi connectivity index (χ4v) is 4.53. The summed E-state index contributed by atoms with van der Waals surface area (Å²) in [6.45, 7) is 4.52. The van der Waals surface area contributed by atoms with Gasteiger partial charge in [0.2, 0.25) is 0 Å².